The van der Waals surface area contributed by atoms with Crippen LogP contribution < -0.4 is 11.1 Å². The third-order valence-electron chi connectivity index (χ3n) is 2.75. The second kappa shape index (κ2) is 7.48. The average molecular weight is 265 g/mol. The molecule has 0 bridgehead atoms. The van der Waals surface area contributed by atoms with Gasteiger partial charge in [0.1, 0.15) is 0 Å². The number of amides is 1. The van der Waals surface area contributed by atoms with Gasteiger partial charge in [-0.3, -0.25) is 14.9 Å². The molecule has 0 unspecified atom stereocenters. The summed E-state index contributed by atoms with van der Waals surface area (Å²) in [5.74, 6) is -0.143. The van der Waals surface area contributed by atoms with Crippen LogP contribution in [0, 0.1) is 10.1 Å². The highest BCUT2D eigenvalue weighted by Crippen LogP contribution is 2.13. The van der Waals surface area contributed by atoms with E-state index in [1.165, 1.54) is 12.1 Å². The molecule has 1 aromatic rings. The Morgan fingerprint density at radius 2 is 2.00 bits per heavy atom. The Hall–Kier alpha value is -1.95. The van der Waals surface area contributed by atoms with Crippen molar-refractivity contribution < 1.29 is 9.72 Å². The van der Waals surface area contributed by atoms with Crippen molar-refractivity contribution in [1.82, 2.24) is 5.32 Å². The number of benzene rings is 1. The van der Waals surface area contributed by atoms with E-state index in [0.29, 0.717) is 6.54 Å². The van der Waals surface area contributed by atoms with Crippen molar-refractivity contribution >= 4 is 11.6 Å². The lowest BCUT2D eigenvalue weighted by molar-refractivity contribution is -0.384. The van der Waals surface area contributed by atoms with Gasteiger partial charge in [-0.1, -0.05) is 12.1 Å². The van der Waals surface area contributed by atoms with E-state index in [4.69, 9.17) is 5.73 Å². The SMILES string of the molecule is C[C@H](N)C(=O)NCCCCc1ccc([N+](=O)[O-])cc1. The van der Waals surface area contributed by atoms with E-state index in [-0.39, 0.29) is 11.6 Å². The number of carbonyl (C=O) groups is 1. The second-order valence-corrected chi connectivity index (χ2v) is 4.46. The van der Waals surface area contributed by atoms with Crippen molar-refractivity contribution in [2.75, 3.05) is 6.54 Å². The summed E-state index contributed by atoms with van der Waals surface area (Å²) in [6.07, 6.45) is 2.61. The zero-order chi connectivity index (χ0) is 14.3. The van der Waals surface area contributed by atoms with Gasteiger partial charge >= 0.3 is 0 Å². The van der Waals surface area contributed by atoms with E-state index in [1.807, 2.05) is 0 Å². The fourth-order valence-corrected chi connectivity index (χ4v) is 1.61. The van der Waals surface area contributed by atoms with Crippen molar-refractivity contribution in [1.29, 1.82) is 0 Å². The average Bonchev–Trinajstić information content (AvgIpc) is 2.38. The molecule has 0 aliphatic rings. The number of nitrogens with one attached hydrogen (secondary N) is 1. The molecule has 1 amide bonds. The Balaban J connectivity index is 2.22. The maximum atomic E-state index is 11.2. The second-order valence-electron chi connectivity index (χ2n) is 4.46. The van der Waals surface area contributed by atoms with Crippen molar-refractivity contribution in [3.8, 4) is 0 Å². The van der Waals surface area contributed by atoms with Crippen LogP contribution in [0.15, 0.2) is 24.3 Å². The van der Waals surface area contributed by atoms with Crippen LogP contribution in [-0.2, 0) is 11.2 Å². The molecule has 19 heavy (non-hydrogen) atoms. The van der Waals surface area contributed by atoms with Gasteiger partial charge in [0, 0.05) is 18.7 Å². The largest absolute Gasteiger partial charge is 0.355 e. The van der Waals surface area contributed by atoms with Crippen molar-refractivity contribution in [3.05, 3.63) is 39.9 Å². The van der Waals surface area contributed by atoms with Crippen molar-refractivity contribution in [3.63, 3.8) is 0 Å². The Kier molecular flexibility index (Phi) is 5.95. The van der Waals surface area contributed by atoms with Gasteiger partial charge in [-0.25, -0.2) is 0 Å². The Morgan fingerprint density at radius 1 is 1.37 bits per heavy atom. The number of rotatable bonds is 7. The van der Waals surface area contributed by atoms with E-state index in [0.717, 1.165) is 24.8 Å². The molecule has 0 heterocycles. The van der Waals surface area contributed by atoms with E-state index in [2.05, 4.69) is 5.32 Å². The van der Waals surface area contributed by atoms with Crippen LogP contribution in [0.4, 0.5) is 5.69 Å². The van der Waals surface area contributed by atoms with E-state index in [9.17, 15) is 14.9 Å². The highest BCUT2D eigenvalue weighted by atomic mass is 16.6. The molecular formula is C13H19N3O3. The van der Waals surface area contributed by atoms with Gasteiger partial charge in [0.15, 0.2) is 0 Å². The quantitative estimate of drug-likeness (QED) is 0.442. The molecule has 0 saturated heterocycles. The molecule has 0 saturated carbocycles. The number of aryl methyl sites for hydroxylation is 1. The standard InChI is InChI=1S/C13H19N3O3/c1-10(14)13(17)15-9-3-2-4-11-5-7-12(8-6-11)16(18)19/h5-8,10H,2-4,9,14H2,1H3,(H,15,17)/t10-/m0/s1. The smallest absolute Gasteiger partial charge is 0.269 e. The lowest BCUT2D eigenvalue weighted by atomic mass is 10.1. The first-order valence-electron chi connectivity index (χ1n) is 6.27. The molecule has 1 atom stereocenters. The van der Waals surface area contributed by atoms with Crippen LogP contribution in [0.5, 0.6) is 0 Å². The van der Waals surface area contributed by atoms with Gasteiger partial charge < -0.3 is 11.1 Å². The number of nitrogens with zero attached hydrogens (tertiary/aromatic N) is 1. The number of hydrogen-bond donors (Lipinski definition) is 2. The Labute approximate surface area is 112 Å². The summed E-state index contributed by atoms with van der Waals surface area (Å²) < 4.78 is 0. The van der Waals surface area contributed by atoms with Gasteiger partial charge in [-0.05, 0) is 31.7 Å². The van der Waals surface area contributed by atoms with E-state index >= 15 is 0 Å². The summed E-state index contributed by atoms with van der Waals surface area (Å²) in [6.45, 7) is 2.25. The third-order valence-corrected chi connectivity index (χ3v) is 2.75. The normalized spacial score (nSPS) is 11.9. The first-order chi connectivity index (χ1) is 9.00. The lowest BCUT2D eigenvalue weighted by Crippen LogP contribution is -2.38. The summed E-state index contributed by atoms with van der Waals surface area (Å²) in [6, 6.07) is 6.06. The highest BCUT2D eigenvalue weighted by molar-refractivity contribution is 5.80. The van der Waals surface area contributed by atoms with E-state index < -0.39 is 11.0 Å². The number of hydrogen-bond acceptors (Lipinski definition) is 4. The van der Waals surface area contributed by atoms with E-state index in [1.54, 1.807) is 19.1 Å². The minimum absolute atomic E-state index is 0.105. The van der Waals surface area contributed by atoms with Gasteiger partial charge in [0.2, 0.25) is 5.91 Å². The molecule has 6 nitrogen and oxygen atoms in total. The van der Waals surface area contributed by atoms with Gasteiger partial charge in [-0.2, -0.15) is 0 Å². The van der Waals surface area contributed by atoms with Gasteiger partial charge in [-0.15, -0.1) is 0 Å². The number of nitro groups is 1. The monoisotopic (exact) mass is 265 g/mol. The van der Waals surface area contributed by atoms with Gasteiger partial charge in [0.25, 0.3) is 5.69 Å². The summed E-state index contributed by atoms with van der Waals surface area (Å²) in [7, 11) is 0. The Bertz CT molecular complexity index is 429. The Morgan fingerprint density at radius 3 is 2.53 bits per heavy atom. The zero-order valence-electron chi connectivity index (χ0n) is 11.0. The van der Waals surface area contributed by atoms with Crippen LogP contribution in [0.3, 0.4) is 0 Å². The highest BCUT2D eigenvalue weighted by Gasteiger charge is 2.06. The predicted molar refractivity (Wildman–Crippen MR) is 72.7 cm³/mol. The summed E-state index contributed by atoms with van der Waals surface area (Å²) in [4.78, 5) is 21.3. The number of non-ortho nitro benzene ring substituents is 1. The summed E-state index contributed by atoms with van der Waals surface area (Å²) in [5.41, 5.74) is 6.58. The molecule has 6 heteroatoms. The zero-order valence-corrected chi connectivity index (χ0v) is 11.0. The fraction of sp³-hybridized carbons (Fsp3) is 0.462. The van der Waals surface area contributed by atoms with Crippen LogP contribution >= 0.6 is 0 Å². The molecule has 3 N–H and O–H groups in total. The lowest BCUT2D eigenvalue weighted by Gasteiger charge is -2.07. The van der Waals surface area contributed by atoms with Crippen LogP contribution in [0.2, 0.25) is 0 Å². The number of nitrogens with two attached hydrogens (primary N) is 1. The molecule has 104 valence electrons. The minimum Gasteiger partial charge on any atom is -0.355 e. The minimum atomic E-state index is -0.477. The molecular weight excluding hydrogens is 246 g/mol. The van der Waals surface area contributed by atoms with Crippen LogP contribution in [0.1, 0.15) is 25.3 Å². The molecule has 0 aliphatic heterocycles. The van der Waals surface area contributed by atoms with Crippen molar-refractivity contribution in [2.24, 2.45) is 5.73 Å². The maximum absolute atomic E-state index is 11.2. The predicted octanol–water partition coefficient (Wildman–Crippen LogP) is 1.38. The summed E-state index contributed by atoms with van der Waals surface area (Å²) >= 11 is 0. The molecule has 1 rings (SSSR count). The van der Waals surface area contributed by atoms with Crippen LogP contribution in [0.25, 0.3) is 0 Å². The third kappa shape index (κ3) is 5.48. The van der Waals surface area contributed by atoms with Crippen molar-refractivity contribution in [2.45, 2.75) is 32.2 Å². The number of carbonyl (C=O) groups excluding carboxylic acids is 1. The first-order valence-corrected chi connectivity index (χ1v) is 6.27. The first kappa shape index (κ1) is 15.1. The summed E-state index contributed by atoms with van der Waals surface area (Å²) in [5, 5.41) is 13.2. The topological polar surface area (TPSA) is 98.3 Å². The van der Waals surface area contributed by atoms with Crippen LogP contribution in [-0.4, -0.2) is 23.4 Å². The molecule has 1 aromatic carbocycles. The molecule has 0 aliphatic carbocycles. The number of nitro benzene ring substituents is 1. The molecule has 0 aromatic heterocycles. The fourth-order valence-electron chi connectivity index (χ4n) is 1.61. The molecule has 0 fully saturated rings. The van der Waals surface area contributed by atoms with Gasteiger partial charge in [0.05, 0.1) is 11.0 Å². The molecule has 0 radical (unpaired) electrons. The molecule has 0 spiro atoms. The number of unbranched alkanes of at least 4 members (excludes halogenated alkanes) is 1. The maximum Gasteiger partial charge on any atom is 0.269 e.